The number of anilines is 3. The normalized spacial score (nSPS) is 10.4. The highest BCUT2D eigenvalue weighted by Crippen LogP contribution is 2.24. The monoisotopic (exact) mass is 274 g/mol. The molecule has 2 aromatic rings. The Morgan fingerprint density at radius 1 is 1.10 bits per heavy atom. The summed E-state index contributed by atoms with van der Waals surface area (Å²) in [6, 6.07) is 4.84. The number of nitrogens with zero attached hydrogens (tertiary/aromatic N) is 2. The molecule has 0 unspecified atom stereocenters. The summed E-state index contributed by atoms with van der Waals surface area (Å²) in [5.74, 6) is 1.97. The lowest BCUT2D eigenvalue weighted by Crippen LogP contribution is -2.07. The fraction of sp³-hybridized carbons (Fsp3) is 0.333. The number of hydrogen-bond acceptors (Lipinski definition) is 4. The first kappa shape index (κ1) is 14.2. The van der Waals surface area contributed by atoms with Crippen LogP contribution in [0.1, 0.15) is 23.9 Å². The second-order valence-corrected chi connectivity index (χ2v) is 4.71. The zero-order valence-electron chi connectivity index (χ0n) is 12.2. The number of nitrogens with one attached hydrogen (secondary N) is 2. The van der Waals surface area contributed by atoms with E-state index < -0.39 is 0 Å². The molecule has 1 aromatic carbocycles. The molecule has 0 spiro atoms. The third-order valence-electron chi connectivity index (χ3n) is 3.05. The molecule has 0 fully saturated rings. The van der Waals surface area contributed by atoms with Crippen LogP contribution in [0, 0.1) is 19.7 Å². The Morgan fingerprint density at radius 2 is 1.80 bits per heavy atom. The van der Waals surface area contributed by atoms with Crippen molar-refractivity contribution in [2.75, 3.05) is 17.7 Å². The maximum absolute atomic E-state index is 13.4. The van der Waals surface area contributed by atoms with Crippen molar-refractivity contribution in [2.45, 2.75) is 27.2 Å². The molecule has 20 heavy (non-hydrogen) atoms. The van der Waals surface area contributed by atoms with E-state index in [1.807, 2.05) is 33.9 Å². The minimum Gasteiger partial charge on any atom is -0.373 e. The van der Waals surface area contributed by atoms with Gasteiger partial charge in [0.05, 0.1) is 0 Å². The average molecular weight is 274 g/mol. The minimum absolute atomic E-state index is 0.260. The molecular formula is C15H19FN4. The number of benzene rings is 1. The number of aromatic nitrogens is 2. The highest BCUT2D eigenvalue weighted by Gasteiger charge is 2.10. The van der Waals surface area contributed by atoms with E-state index in [1.165, 1.54) is 12.1 Å². The van der Waals surface area contributed by atoms with Gasteiger partial charge in [0.25, 0.3) is 0 Å². The van der Waals surface area contributed by atoms with E-state index in [1.54, 1.807) is 0 Å². The Morgan fingerprint density at radius 3 is 2.40 bits per heavy atom. The number of halogens is 1. The third-order valence-corrected chi connectivity index (χ3v) is 3.05. The summed E-state index contributed by atoms with van der Waals surface area (Å²) in [5.41, 5.74) is 2.46. The lowest BCUT2D eigenvalue weighted by molar-refractivity contribution is 0.627. The molecule has 0 aliphatic rings. The minimum atomic E-state index is -0.260. The summed E-state index contributed by atoms with van der Waals surface area (Å²) >= 11 is 0. The first-order chi connectivity index (χ1) is 9.53. The van der Waals surface area contributed by atoms with Crippen LogP contribution in [0.25, 0.3) is 0 Å². The highest BCUT2D eigenvalue weighted by atomic mass is 19.1. The largest absolute Gasteiger partial charge is 0.373 e. The molecule has 0 atom stereocenters. The lowest BCUT2D eigenvalue weighted by atomic mass is 10.2. The molecular weight excluding hydrogens is 255 g/mol. The van der Waals surface area contributed by atoms with Gasteiger partial charge in [-0.3, -0.25) is 0 Å². The van der Waals surface area contributed by atoms with Crippen LogP contribution in [-0.4, -0.2) is 17.0 Å². The van der Waals surface area contributed by atoms with Gasteiger partial charge in [0.15, 0.2) is 0 Å². The Kier molecular flexibility index (Phi) is 4.17. The standard InChI is InChI=1S/C15H19FN4/c1-5-13-19-14(17-4)10(3)15(20-13)18-12-7-9(2)6-11(16)8-12/h6-8H,5H2,1-4H3,(H2,17,18,19,20). The van der Waals surface area contributed by atoms with Crippen LogP contribution in [-0.2, 0) is 6.42 Å². The van der Waals surface area contributed by atoms with Gasteiger partial charge in [-0.15, -0.1) is 0 Å². The van der Waals surface area contributed by atoms with Crippen molar-refractivity contribution in [3.63, 3.8) is 0 Å². The number of aryl methyl sites for hydroxylation is 2. The second kappa shape index (κ2) is 5.86. The van der Waals surface area contributed by atoms with E-state index in [9.17, 15) is 4.39 Å². The first-order valence-corrected chi connectivity index (χ1v) is 6.63. The van der Waals surface area contributed by atoms with E-state index in [2.05, 4.69) is 20.6 Å². The summed E-state index contributed by atoms with van der Waals surface area (Å²) in [5, 5.41) is 6.23. The molecule has 2 N–H and O–H groups in total. The van der Waals surface area contributed by atoms with Gasteiger partial charge < -0.3 is 10.6 Å². The van der Waals surface area contributed by atoms with Crippen LogP contribution < -0.4 is 10.6 Å². The lowest BCUT2D eigenvalue weighted by Gasteiger charge is -2.13. The molecule has 1 heterocycles. The number of hydrogen-bond donors (Lipinski definition) is 2. The maximum atomic E-state index is 13.4. The summed E-state index contributed by atoms with van der Waals surface area (Å²) in [6.07, 6.45) is 0.742. The van der Waals surface area contributed by atoms with Gasteiger partial charge in [-0.2, -0.15) is 0 Å². The van der Waals surface area contributed by atoms with Crippen molar-refractivity contribution in [3.8, 4) is 0 Å². The SMILES string of the molecule is CCc1nc(NC)c(C)c(Nc2cc(C)cc(F)c2)n1. The molecule has 0 aliphatic heterocycles. The molecule has 106 valence electrons. The molecule has 0 amide bonds. The predicted molar refractivity (Wildman–Crippen MR) is 80.1 cm³/mol. The van der Waals surface area contributed by atoms with E-state index in [4.69, 9.17) is 0 Å². The van der Waals surface area contributed by atoms with Gasteiger partial charge >= 0.3 is 0 Å². The molecule has 1 aromatic heterocycles. The molecule has 0 bridgehead atoms. The Balaban J connectivity index is 2.41. The van der Waals surface area contributed by atoms with Crippen LogP contribution in [0.5, 0.6) is 0 Å². The van der Waals surface area contributed by atoms with Gasteiger partial charge in [0.2, 0.25) is 0 Å². The van der Waals surface area contributed by atoms with Crippen molar-refractivity contribution in [1.29, 1.82) is 0 Å². The van der Waals surface area contributed by atoms with E-state index in [0.717, 1.165) is 29.2 Å². The van der Waals surface area contributed by atoms with Crippen LogP contribution in [0.4, 0.5) is 21.7 Å². The van der Waals surface area contributed by atoms with Gasteiger partial charge in [0, 0.05) is 24.7 Å². The molecule has 0 radical (unpaired) electrons. The first-order valence-electron chi connectivity index (χ1n) is 6.63. The van der Waals surface area contributed by atoms with Crippen molar-refractivity contribution in [2.24, 2.45) is 0 Å². The van der Waals surface area contributed by atoms with Crippen LogP contribution >= 0.6 is 0 Å². The van der Waals surface area contributed by atoms with Crippen LogP contribution in [0.3, 0.4) is 0 Å². The summed E-state index contributed by atoms with van der Waals surface area (Å²) in [6.45, 7) is 5.79. The second-order valence-electron chi connectivity index (χ2n) is 4.71. The van der Waals surface area contributed by atoms with E-state index in [-0.39, 0.29) is 5.82 Å². The smallest absolute Gasteiger partial charge is 0.139 e. The van der Waals surface area contributed by atoms with Crippen molar-refractivity contribution in [1.82, 2.24) is 9.97 Å². The quantitative estimate of drug-likeness (QED) is 0.894. The average Bonchev–Trinajstić information content (AvgIpc) is 2.40. The van der Waals surface area contributed by atoms with E-state index >= 15 is 0 Å². The van der Waals surface area contributed by atoms with Gasteiger partial charge in [0.1, 0.15) is 23.3 Å². The number of rotatable bonds is 4. The fourth-order valence-electron chi connectivity index (χ4n) is 2.03. The maximum Gasteiger partial charge on any atom is 0.139 e. The molecule has 0 saturated heterocycles. The van der Waals surface area contributed by atoms with Crippen LogP contribution in [0.2, 0.25) is 0 Å². The Labute approximate surface area is 118 Å². The third kappa shape index (κ3) is 3.04. The van der Waals surface area contributed by atoms with Crippen molar-refractivity contribution in [3.05, 3.63) is 41.0 Å². The molecule has 2 rings (SSSR count). The van der Waals surface area contributed by atoms with Crippen molar-refractivity contribution >= 4 is 17.3 Å². The topological polar surface area (TPSA) is 49.8 Å². The zero-order chi connectivity index (χ0) is 14.7. The molecule has 0 saturated carbocycles. The summed E-state index contributed by atoms with van der Waals surface area (Å²) in [4.78, 5) is 8.88. The molecule has 4 nitrogen and oxygen atoms in total. The highest BCUT2D eigenvalue weighted by molar-refractivity contribution is 5.65. The Hall–Kier alpha value is -2.17. The van der Waals surface area contributed by atoms with Crippen molar-refractivity contribution < 1.29 is 4.39 Å². The van der Waals surface area contributed by atoms with Gasteiger partial charge in [-0.1, -0.05) is 6.92 Å². The summed E-state index contributed by atoms with van der Waals surface area (Å²) in [7, 11) is 1.82. The Bertz CT molecular complexity index is 605. The summed E-state index contributed by atoms with van der Waals surface area (Å²) < 4.78 is 13.4. The van der Waals surface area contributed by atoms with Gasteiger partial charge in [-0.05, 0) is 37.6 Å². The molecule has 0 aliphatic carbocycles. The van der Waals surface area contributed by atoms with Gasteiger partial charge in [-0.25, -0.2) is 14.4 Å². The fourth-order valence-corrected chi connectivity index (χ4v) is 2.03. The van der Waals surface area contributed by atoms with E-state index in [0.29, 0.717) is 11.5 Å². The molecule has 5 heteroatoms. The predicted octanol–water partition coefficient (Wildman–Crippen LogP) is 3.58. The zero-order valence-corrected chi connectivity index (χ0v) is 12.2. The van der Waals surface area contributed by atoms with Crippen LogP contribution in [0.15, 0.2) is 18.2 Å².